The van der Waals surface area contributed by atoms with E-state index in [4.69, 9.17) is 14.5 Å². The van der Waals surface area contributed by atoms with E-state index in [9.17, 15) is 9.59 Å². The molecule has 5 nitrogen and oxygen atoms in total. The highest BCUT2D eigenvalue weighted by Crippen LogP contribution is 2.29. The van der Waals surface area contributed by atoms with Crippen molar-refractivity contribution in [1.29, 1.82) is 0 Å². The standard InChI is InChI=1S/C25H21NO4/c1-15(27)16(2)30-25(28)22-14-24(26-23-7-5-4-6-21(22)23)19-9-8-18-13-20(29-3)11-10-17(18)12-19/h4-14,16H,1-3H3. The largest absolute Gasteiger partial charge is 0.497 e. The lowest BCUT2D eigenvalue weighted by atomic mass is 10.0. The molecule has 0 amide bonds. The Bertz CT molecular complexity index is 1280. The molecule has 0 N–H and O–H groups in total. The molecule has 1 unspecified atom stereocenters. The number of esters is 1. The maximum Gasteiger partial charge on any atom is 0.339 e. The van der Waals surface area contributed by atoms with Crippen molar-refractivity contribution >= 4 is 33.4 Å². The molecule has 1 heterocycles. The molecule has 4 aromatic rings. The van der Waals surface area contributed by atoms with Crippen molar-refractivity contribution in [2.24, 2.45) is 0 Å². The number of Topliss-reactive ketones (excluding diaryl/α,β-unsaturated/α-hetero) is 1. The summed E-state index contributed by atoms with van der Waals surface area (Å²) in [6.45, 7) is 2.97. The van der Waals surface area contributed by atoms with Gasteiger partial charge in [0.1, 0.15) is 5.75 Å². The van der Waals surface area contributed by atoms with E-state index < -0.39 is 12.1 Å². The number of aromatic nitrogens is 1. The van der Waals surface area contributed by atoms with Crippen LogP contribution < -0.4 is 4.74 Å². The lowest BCUT2D eigenvalue weighted by Gasteiger charge is -2.13. The van der Waals surface area contributed by atoms with Crippen LogP contribution in [0.3, 0.4) is 0 Å². The van der Waals surface area contributed by atoms with Gasteiger partial charge in [0.15, 0.2) is 11.9 Å². The van der Waals surface area contributed by atoms with Crippen molar-refractivity contribution in [3.8, 4) is 17.0 Å². The molecule has 4 rings (SSSR count). The van der Waals surface area contributed by atoms with Gasteiger partial charge in [0.05, 0.1) is 23.9 Å². The SMILES string of the molecule is COc1ccc2cc(-c3cc(C(=O)OC(C)C(C)=O)c4ccccc4n3)ccc2c1. The van der Waals surface area contributed by atoms with E-state index in [0.29, 0.717) is 22.2 Å². The summed E-state index contributed by atoms with van der Waals surface area (Å²) < 4.78 is 10.7. The van der Waals surface area contributed by atoms with E-state index in [1.54, 1.807) is 20.1 Å². The van der Waals surface area contributed by atoms with Crippen LogP contribution in [0.1, 0.15) is 24.2 Å². The van der Waals surface area contributed by atoms with E-state index >= 15 is 0 Å². The molecular formula is C25H21NO4. The normalized spacial score (nSPS) is 12.0. The van der Waals surface area contributed by atoms with Crippen molar-refractivity contribution in [2.75, 3.05) is 7.11 Å². The second-order valence-corrected chi connectivity index (χ2v) is 7.16. The van der Waals surface area contributed by atoms with Gasteiger partial charge in [0.25, 0.3) is 0 Å². The number of carbonyl (C=O) groups is 2. The molecule has 5 heteroatoms. The van der Waals surface area contributed by atoms with Crippen LogP contribution in [-0.4, -0.2) is 30.0 Å². The second-order valence-electron chi connectivity index (χ2n) is 7.16. The first kappa shape index (κ1) is 19.6. The highest BCUT2D eigenvalue weighted by atomic mass is 16.5. The fourth-order valence-corrected chi connectivity index (χ4v) is 3.31. The quantitative estimate of drug-likeness (QED) is 0.432. The number of pyridine rings is 1. The Labute approximate surface area is 174 Å². The van der Waals surface area contributed by atoms with Crippen LogP contribution in [0.15, 0.2) is 66.7 Å². The van der Waals surface area contributed by atoms with Crippen molar-refractivity contribution < 1.29 is 19.1 Å². The molecule has 0 aliphatic heterocycles. The maximum atomic E-state index is 12.8. The molecule has 30 heavy (non-hydrogen) atoms. The Morgan fingerprint density at radius 1 is 0.933 bits per heavy atom. The number of hydrogen-bond acceptors (Lipinski definition) is 5. The first-order valence-corrected chi connectivity index (χ1v) is 9.65. The lowest BCUT2D eigenvalue weighted by Crippen LogP contribution is -2.22. The van der Waals surface area contributed by atoms with Gasteiger partial charge in [0.2, 0.25) is 0 Å². The molecule has 0 bridgehead atoms. The lowest BCUT2D eigenvalue weighted by molar-refractivity contribution is -0.124. The van der Waals surface area contributed by atoms with E-state index in [1.165, 1.54) is 6.92 Å². The molecule has 1 atom stereocenters. The van der Waals surface area contributed by atoms with Crippen LogP contribution >= 0.6 is 0 Å². The van der Waals surface area contributed by atoms with Crippen LogP contribution in [-0.2, 0) is 9.53 Å². The molecule has 0 fully saturated rings. The Hall–Kier alpha value is -3.73. The maximum absolute atomic E-state index is 12.8. The third-order valence-corrected chi connectivity index (χ3v) is 5.14. The van der Waals surface area contributed by atoms with Crippen molar-refractivity contribution in [3.63, 3.8) is 0 Å². The summed E-state index contributed by atoms with van der Waals surface area (Å²) in [4.78, 5) is 29.1. The molecule has 150 valence electrons. The first-order valence-electron chi connectivity index (χ1n) is 9.65. The number of nitrogens with zero attached hydrogens (tertiary/aromatic N) is 1. The Kier molecular flexibility index (Phi) is 5.19. The number of rotatable bonds is 5. The fraction of sp³-hybridized carbons (Fsp3) is 0.160. The zero-order chi connectivity index (χ0) is 21.3. The highest BCUT2D eigenvalue weighted by Gasteiger charge is 2.19. The van der Waals surface area contributed by atoms with Crippen LogP contribution in [0.5, 0.6) is 5.75 Å². The topological polar surface area (TPSA) is 65.5 Å². The molecule has 0 aliphatic carbocycles. The summed E-state index contributed by atoms with van der Waals surface area (Å²) in [6, 6.07) is 21.0. The summed E-state index contributed by atoms with van der Waals surface area (Å²) in [5.41, 5.74) is 2.62. The van der Waals surface area contributed by atoms with Gasteiger partial charge in [-0.15, -0.1) is 0 Å². The number of carbonyl (C=O) groups excluding carboxylic acids is 2. The Morgan fingerprint density at radius 2 is 1.67 bits per heavy atom. The molecule has 0 aliphatic rings. The van der Waals surface area contributed by atoms with Crippen LogP contribution in [0.4, 0.5) is 0 Å². The van der Waals surface area contributed by atoms with Crippen molar-refractivity contribution in [3.05, 3.63) is 72.3 Å². The molecule has 3 aromatic carbocycles. The molecule has 0 radical (unpaired) electrons. The van der Waals surface area contributed by atoms with Crippen molar-refractivity contribution in [1.82, 2.24) is 4.98 Å². The molecule has 0 saturated heterocycles. The molecular weight excluding hydrogens is 378 g/mol. The number of benzene rings is 3. The summed E-state index contributed by atoms with van der Waals surface area (Å²) >= 11 is 0. The van der Waals surface area contributed by atoms with Gasteiger partial charge in [-0.25, -0.2) is 9.78 Å². The minimum atomic E-state index is -0.802. The second kappa shape index (κ2) is 7.95. The van der Waals surface area contributed by atoms with Crippen LogP contribution in [0, 0.1) is 0 Å². The number of fused-ring (bicyclic) bond motifs is 2. The van der Waals surface area contributed by atoms with E-state index in [0.717, 1.165) is 22.1 Å². The molecule has 0 spiro atoms. The smallest absolute Gasteiger partial charge is 0.339 e. The summed E-state index contributed by atoms with van der Waals surface area (Å²) in [5, 5.41) is 2.78. The molecule has 0 saturated carbocycles. The summed E-state index contributed by atoms with van der Waals surface area (Å²) in [7, 11) is 1.64. The predicted molar refractivity (Wildman–Crippen MR) is 117 cm³/mol. The number of para-hydroxylation sites is 1. The molecule has 1 aromatic heterocycles. The third-order valence-electron chi connectivity index (χ3n) is 5.14. The predicted octanol–water partition coefficient (Wildman–Crippen LogP) is 5.20. The Morgan fingerprint density at radius 3 is 2.43 bits per heavy atom. The number of ketones is 1. The minimum Gasteiger partial charge on any atom is -0.497 e. The minimum absolute atomic E-state index is 0.202. The summed E-state index contributed by atoms with van der Waals surface area (Å²) in [5.74, 6) is 0.0543. The average Bonchev–Trinajstić information content (AvgIpc) is 2.77. The van der Waals surface area contributed by atoms with Gasteiger partial charge in [-0.3, -0.25) is 4.79 Å². The van der Waals surface area contributed by atoms with E-state index in [2.05, 4.69) is 0 Å². The number of methoxy groups -OCH3 is 1. The van der Waals surface area contributed by atoms with E-state index in [1.807, 2.05) is 60.7 Å². The van der Waals surface area contributed by atoms with E-state index in [-0.39, 0.29) is 5.78 Å². The van der Waals surface area contributed by atoms with Gasteiger partial charge in [-0.2, -0.15) is 0 Å². The van der Waals surface area contributed by atoms with Gasteiger partial charge >= 0.3 is 5.97 Å². The summed E-state index contributed by atoms with van der Waals surface area (Å²) in [6.07, 6.45) is -0.802. The first-order chi connectivity index (χ1) is 14.5. The van der Waals surface area contributed by atoms with Gasteiger partial charge < -0.3 is 9.47 Å². The number of ether oxygens (including phenoxy) is 2. The van der Waals surface area contributed by atoms with Crippen LogP contribution in [0.25, 0.3) is 32.9 Å². The Balaban J connectivity index is 1.82. The van der Waals surface area contributed by atoms with Gasteiger partial charge in [-0.1, -0.05) is 36.4 Å². The van der Waals surface area contributed by atoms with Crippen molar-refractivity contribution in [2.45, 2.75) is 20.0 Å². The highest BCUT2D eigenvalue weighted by molar-refractivity contribution is 6.05. The fourth-order valence-electron chi connectivity index (χ4n) is 3.31. The zero-order valence-corrected chi connectivity index (χ0v) is 17.0. The monoisotopic (exact) mass is 399 g/mol. The van der Waals surface area contributed by atoms with Gasteiger partial charge in [0, 0.05) is 10.9 Å². The van der Waals surface area contributed by atoms with Gasteiger partial charge in [-0.05, 0) is 55.0 Å². The zero-order valence-electron chi connectivity index (χ0n) is 17.0. The third kappa shape index (κ3) is 3.74. The average molecular weight is 399 g/mol. The number of hydrogen-bond donors (Lipinski definition) is 0. The van der Waals surface area contributed by atoms with Crippen LogP contribution in [0.2, 0.25) is 0 Å².